The van der Waals surface area contributed by atoms with E-state index in [-0.39, 0.29) is 6.61 Å². The van der Waals surface area contributed by atoms with Gasteiger partial charge in [-0.05, 0) is 12.1 Å². The van der Waals surface area contributed by atoms with Crippen molar-refractivity contribution in [1.29, 1.82) is 5.26 Å². The second-order valence-corrected chi connectivity index (χ2v) is 3.90. The Morgan fingerprint density at radius 2 is 1.84 bits per heavy atom. The summed E-state index contributed by atoms with van der Waals surface area (Å²) in [5.41, 5.74) is 0.869. The maximum Gasteiger partial charge on any atom is 0.411 e. The van der Waals surface area contributed by atoms with Gasteiger partial charge < -0.3 is 9.64 Å². The lowest BCUT2D eigenvalue weighted by Gasteiger charge is -2.23. The van der Waals surface area contributed by atoms with Gasteiger partial charge in [0.1, 0.15) is 6.61 Å². The maximum atomic E-state index is 11.9. The van der Waals surface area contributed by atoms with E-state index in [1.807, 2.05) is 41.3 Å². The molecule has 0 heterocycles. The van der Waals surface area contributed by atoms with Crippen molar-refractivity contribution < 1.29 is 17.9 Å². The SMILES string of the molecule is N#CCCN(CCOCC(F)(F)F)c1ccccc1. The molecule has 0 N–H and O–H groups in total. The molecule has 1 aromatic carbocycles. The molecule has 0 aliphatic rings. The van der Waals surface area contributed by atoms with Gasteiger partial charge in [-0.3, -0.25) is 0 Å². The van der Waals surface area contributed by atoms with Gasteiger partial charge >= 0.3 is 6.18 Å². The van der Waals surface area contributed by atoms with Crippen LogP contribution in [0.25, 0.3) is 0 Å². The summed E-state index contributed by atoms with van der Waals surface area (Å²) >= 11 is 0. The lowest BCUT2D eigenvalue weighted by atomic mass is 10.2. The number of alkyl halides is 3. The molecule has 0 radical (unpaired) electrons. The molecule has 0 atom stereocenters. The highest BCUT2D eigenvalue weighted by Crippen LogP contribution is 2.15. The standard InChI is InChI=1S/C13H15F3N2O/c14-13(15,16)11-19-10-9-18(8-4-7-17)12-5-2-1-3-6-12/h1-3,5-6H,4,8-11H2. The number of nitrogens with zero attached hydrogens (tertiary/aromatic N) is 2. The Hall–Kier alpha value is -1.74. The third kappa shape index (κ3) is 6.67. The second kappa shape index (κ2) is 7.64. The highest BCUT2D eigenvalue weighted by molar-refractivity contribution is 5.45. The van der Waals surface area contributed by atoms with Crippen molar-refractivity contribution in [3.05, 3.63) is 30.3 Å². The van der Waals surface area contributed by atoms with Gasteiger partial charge in [0, 0.05) is 18.8 Å². The Labute approximate surface area is 110 Å². The number of halogens is 3. The molecule has 6 heteroatoms. The minimum absolute atomic E-state index is 0.0279. The smallest absolute Gasteiger partial charge is 0.370 e. The van der Waals surface area contributed by atoms with Crippen LogP contribution in [0.3, 0.4) is 0 Å². The van der Waals surface area contributed by atoms with Crippen molar-refractivity contribution in [3.8, 4) is 6.07 Å². The lowest BCUT2D eigenvalue weighted by molar-refractivity contribution is -0.173. The summed E-state index contributed by atoms with van der Waals surface area (Å²) in [7, 11) is 0. The first-order valence-electron chi connectivity index (χ1n) is 5.84. The van der Waals surface area contributed by atoms with Crippen LogP contribution in [0.4, 0.5) is 18.9 Å². The zero-order chi connectivity index (χ0) is 14.1. The molecule has 0 aliphatic heterocycles. The first-order valence-corrected chi connectivity index (χ1v) is 5.84. The molecule has 0 amide bonds. The van der Waals surface area contributed by atoms with Crippen LogP contribution in [-0.2, 0) is 4.74 Å². The van der Waals surface area contributed by atoms with Gasteiger partial charge in [0.15, 0.2) is 0 Å². The summed E-state index contributed by atoms with van der Waals surface area (Å²) < 4.78 is 40.4. The van der Waals surface area contributed by atoms with Gasteiger partial charge in [0.25, 0.3) is 0 Å². The van der Waals surface area contributed by atoms with E-state index >= 15 is 0 Å². The Bertz CT molecular complexity index is 401. The number of para-hydroxylation sites is 1. The third-order valence-corrected chi connectivity index (χ3v) is 2.39. The highest BCUT2D eigenvalue weighted by atomic mass is 19.4. The Morgan fingerprint density at radius 1 is 1.16 bits per heavy atom. The number of rotatable bonds is 7. The average molecular weight is 272 g/mol. The van der Waals surface area contributed by atoms with Crippen LogP contribution < -0.4 is 4.90 Å². The molecule has 104 valence electrons. The van der Waals surface area contributed by atoms with Gasteiger partial charge in [0.2, 0.25) is 0 Å². The van der Waals surface area contributed by atoms with E-state index in [0.717, 1.165) is 5.69 Å². The molecular formula is C13H15F3N2O. The molecule has 0 bridgehead atoms. The monoisotopic (exact) mass is 272 g/mol. The third-order valence-electron chi connectivity index (χ3n) is 2.39. The maximum absolute atomic E-state index is 11.9. The molecule has 0 saturated carbocycles. The van der Waals surface area contributed by atoms with E-state index < -0.39 is 12.8 Å². The number of ether oxygens (including phenoxy) is 1. The van der Waals surface area contributed by atoms with E-state index in [9.17, 15) is 13.2 Å². The summed E-state index contributed by atoms with van der Waals surface area (Å²) in [4.78, 5) is 1.83. The molecular weight excluding hydrogens is 257 g/mol. The van der Waals surface area contributed by atoms with Gasteiger partial charge in [-0.2, -0.15) is 18.4 Å². The fourth-order valence-corrected chi connectivity index (χ4v) is 1.56. The fourth-order valence-electron chi connectivity index (χ4n) is 1.56. The van der Waals surface area contributed by atoms with E-state index in [2.05, 4.69) is 4.74 Å². The fraction of sp³-hybridized carbons (Fsp3) is 0.462. The zero-order valence-corrected chi connectivity index (χ0v) is 10.4. The normalized spacial score (nSPS) is 11.1. The molecule has 0 aromatic heterocycles. The van der Waals surface area contributed by atoms with Crippen LogP contribution >= 0.6 is 0 Å². The molecule has 3 nitrogen and oxygen atoms in total. The molecule has 0 fully saturated rings. The minimum atomic E-state index is -4.30. The zero-order valence-electron chi connectivity index (χ0n) is 10.4. The van der Waals surface area contributed by atoms with Gasteiger partial charge in [-0.25, -0.2) is 0 Å². The molecule has 19 heavy (non-hydrogen) atoms. The number of hydrogen-bond acceptors (Lipinski definition) is 3. The number of anilines is 1. The van der Waals surface area contributed by atoms with Gasteiger partial charge in [-0.15, -0.1) is 0 Å². The Kier molecular flexibility index (Phi) is 6.16. The van der Waals surface area contributed by atoms with Crippen molar-refractivity contribution in [1.82, 2.24) is 0 Å². The van der Waals surface area contributed by atoms with Crippen molar-refractivity contribution >= 4 is 5.69 Å². The molecule has 0 spiro atoms. The highest BCUT2D eigenvalue weighted by Gasteiger charge is 2.27. The van der Waals surface area contributed by atoms with Crippen molar-refractivity contribution in [2.24, 2.45) is 0 Å². The molecule has 0 unspecified atom stereocenters. The van der Waals surface area contributed by atoms with Crippen LogP contribution in [0, 0.1) is 11.3 Å². The van der Waals surface area contributed by atoms with Gasteiger partial charge in [-0.1, -0.05) is 18.2 Å². The van der Waals surface area contributed by atoms with Crippen LogP contribution in [0.1, 0.15) is 6.42 Å². The average Bonchev–Trinajstić information content (AvgIpc) is 2.38. The van der Waals surface area contributed by atoms with Crippen LogP contribution in [0.15, 0.2) is 30.3 Å². The summed E-state index contributed by atoms with van der Waals surface area (Å²) in [6.45, 7) is -0.481. The molecule has 1 aromatic rings. The minimum Gasteiger partial charge on any atom is -0.370 e. The predicted molar refractivity (Wildman–Crippen MR) is 65.8 cm³/mol. The first kappa shape index (κ1) is 15.3. The van der Waals surface area contributed by atoms with Crippen molar-refractivity contribution in [2.45, 2.75) is 12.6 Å². The topological polar surface area (TPSA) is 36.3 Å². The van der Waals surface area contributed by atoms with Crippen molar-refractivity contribution in [2.75, 3.05) is 31.2 Å². The van der Waals surface area contributed by atoms with Crippen LogP contribution in [0.5, 0.6) is 0 Å². The lowest BCUT2D eigenvalue weighted by Crippen LogP contribution is -2.29. The first-order chi connectivity index (χ1) is 9.03. The Morgan fingerprint density at radius 3 is 2.42 bits per heavy atom. The molecule has 0 aliphatic carbocycles. The summed E-state index contributed by atoms with van der Waals surface area (Å²) in [5.74, 6) is 0. The number of hydrogen-bond donors (Lipinski definition) is 0. The van der Waals surface area contributed by atoms with E-state index in [4.69, 9.17) is 5.26 Å². The summed E-state index contributed by atoms with van der Waals surface area (Å²) in [6.07, 6.45) is -3.99. The van der Waals surface area contributed by atoms with Gasteiger partial charge in [0.05, 0.1) is 19.1 Å². The van der Waals surface area contributed by atoms with E-state index in [1.165, 1.54) is 0 Å². The molecule has 1 rings (SSSR count). The quantitative estimate of drug-likeness (QED) is 0.716. The molecule has 0 saturated heterocycles. The van der Waals surface area contributed by atoms with Crippen LogP contribution in [0.2, 0.25) is 0 Å². The number of nitriles is 1. The number of benzene rings is 1. The predicted octanol–water partition coefficient (Wildman–Crippen LogP) is 2.99. The van der Waals surface area contributed by atoms with E-state index in [0.29, 0.717) is 19.5 Å². The second-order valence-electron chi connectivity index (χ2n) is 3.90. The van der Waals surface area contributed by atoms with Crippen molar-refractivity contribution in [3.63, 3.8) is 0 Å². The Balaban J connectivity index is 2.45. The van der Waals surface area contributed by atoms with E-state index in [1.54, 1.807) is 0 Å². The summed E-state index contributed by atoms with van der Waals surface area (Å²) in [5, 5.41) is 8.58. The van der Waals surface area contributed by atoms with Crippen LogP contribution in [-0.4, -0.2) is 32.5 Å². The largest absolute Gasteiger partial charge is 0.411 e. The summed E-state index contributed by atoms with van der Waals surface area (Å²) in [6, 6.07) is 11.2.